The highest BCUT2D eigenvalue weighted by molar-refractivity contribution is 6.19. The lowest BCUT2D eigenvalue weighted by molar-refractivity contribution is -0.139. The maximum atomic E-state index is 12.1. The molecule has 0 aromatic heterocycles. The molecule has 0 aromatic rings. The number of Topliss-reactive ketones (excluding diaryl/α,β-unsaturated/α-hetero) is 1. The molecule has 0 saturated heterocycles. The number of esters is 1. The second kappa shape index (κ2) is 5.68. The normalized spacial score (nSPS) is 12.2. The topological polar surface area (TPSA) is 46.6 Å². The van der Waals surface area contributed by atoms with Crippen LogP contribution >= 0.6 is 0 Å². The predicted octanol–water partition coefficient (Wildman–Crippen LogP) is 1.61. The standard InChI is InChI=1S/C12H21NO3/c1-7-12(2,3)10(14)9(8-13(4)5)11(15)16-6/h8H,7H2,1-6H3. The molecule has 0 fully saturated rings. The average molecular weight is 227 g/mol. The Hall–Kier alpha value is -1.32. The van der Waals surface area contributed by atoms with Gasteiger partial charge in [0.25, 0.3) is 0 Å². The van der Waals surface area contributed by atoms with Crippen molar-refractivity contribution in [3.63, 3.8) is 0 Å². The van der Waals surface area contributed by atoms with Gasteiger partial charge in [0.15, 0.2) is 5.78 Å². The second-order valence-corrected chi connectivity index (χ2v) is 4.56. The third kappa shape index (κ3) is 3.68. The van der Waals surface area contributed by atoms with Crippen molar-refractivity contribution in [2.24, 2.45) is 5.41 Å². The molecule has 0 spiro atoms. The van der Waals surface area contributed by atoms with Gasteiger partial charge in [-0.05, 0) is 6.42 Å². The molecular weight excluding hydrogens is 206 g/mol. The Balaban J connectivity index is 5.23. The van der Waals surface area contributed by atoms with Gasteiger partial charge in [-0.25, -0.2) is 4.79 Å². The van der Waals surface area contributed by atoms with Crippen molar-refractivity contribution in [1.29, 1.82) is 0 Å². The minimum Gasteiger partial charge on any atom is -0.465 e. The summed E-state index contributed by atoms with van der Waals surface area (Å²) in [7, 11) is 4.79. The zero-order valence-corrected chi connectivity index (χ0v) is 11.0. The molecule has 0 aromatic carbocycles. The fraction of sp³-hybridized carbons (Fsp3) is 0.667. The number of carbonyl (C=O) groups is 2. The molecule has 4 nitrogen and oxygen atoms in total. The smallest absolute Gasteiger partial charge is 0.343 e. The number of rotatable bonds is 5. The molecule has 0 unspecified atom stereocenters. The average Bonchev–Trinajstić information content (AvgIpc) is 2.23. The van der Waals surface area contributed by atoms with E-state index in [1.54, 1.807) is 19.0 Å². The van der Waals surface area contributed by atoms with Crippen LogP contribution in [0.15, 0.2) is 11.8 Å². The Bertz CT molecular complexity index is 303. The number of methoxy groups -OCH3 is 1. The molecule has 0 atom stereocenters. The first-order valence-electron chi connectivity index (χ1n) is 5.27. The van der Waals surface area contributed by atoms with Crippen molar-refractivity contribution >= 4 is 11.8 Å². The van der Waals surface area contributed by atoms with E-state index in [0.29, 0.717) is 6.42 Å². The molecule has 0 aliphatic carbocycles. The molecule has 0 N–H and O–H groups in total. The molecular formula is C12H21NO3. The number of carbonyl (C=O) groups excluding carboxylic acids is 2. The van der Waals surface area contributed by atoms with Crippen LogP contribution in [-0.2, 0) is 14.3 Å². The Labute approximate surface area is 97.3 Å². The monoisotopic (exact) mass is 227 g/mol. The minimum atomic E-state index is -0.583. The lowest BCUT2D eigenvalue weighted by Gasteiger charge is -2.22. The lowest BCUT2D eigenvalue weighted by atomic mass is 9.82. The maximum absolute atomic E-state index is 12.1. The third-order valence-corrected chi connectivity index (χ3v) is 2.54. The van der Waals surface area contributed by atoms with Crippen LogP contribution in [0, 0.1) is 5.41 Å². The highest BCUT2D eigenvalue weighted by Crippen LogP contribution is 2.25. The SMILES string of the molecule is CCC(C)(C)C(=O)C(=CN(C)C)C(=O)OC. The van der Waals surface area contributed by atoms with Crippen LogP contribution < -0.4 is 0 Å². The van der Waals surface area contributed by atoms with Crippen LogP contribution in [-0.4, -0.2) is 37.9 Å². The van der Waals surface area contributed by atoms with Gasteiger partial charge in [0, 0.05) is 25.7 Å². The minimum absolute atomic E-state index is 0.0966. The second-order valence-electron chi connectivity index (χ2n) is 4.56. The van der Waals surface area contributed by atoms with E-state index in [0.717, 1.165) is 0 Å². The Morgan fingerprint density at radius 1 is 1.31 bits per heavy atom. The zero-order valence-electron chi connectivity index (χ0n) is 11.0. The first-order valence-corrected chi connectivity index (χ1v) is 5.27. The van der Waals surface area contributed by atoms with Gasteiger partial charge in [0.2, 0.25) is 0 Å². The first-order chi connectivity index (χ1) is 7.26. The summed E-state index contributed by atoms with van der Waals surface area (Å²) in [6.07, 6.45) is 2.18. The molecule has 0 bridgehead atoms. The van der Waals surface area contributed by atoms with Crippen LogP contribution in [0.5, 0.6) is 0 Å². The van der Waals surface area contributed by atoms with Gasteiger partial charge < -0.3 is 9.64 Å². The summed E-state index contributed by atoms with van der Waals surface area (Å²) in [5, 5.41) is 0. The van der Waals surface area contributed by atoms with Crippen LogP contribution in [0.4, 0.5) is 0 Å². The van der Waals surface area contributed by atoms with Crippen LogP contribution in [0.2, 0.25) is 0 Å². The van der Waals surface area contributed by atoms with Gasteiger partial charge in [-0.15, -0.1) is 0 Å². The Morgan fingerprint density at radius 2 is 1.81 bits per heavy atom. The van der Waals surface area contributed by atoms with Crippen LogP contribution in [0.1, 0.15) is 27.2 Å². The fourth-order valence-electron chi connectivity index (χ4n) is 1.10. The number of ketones is 1. The number of ether oxygens (including phenoxy) is 1. The lowest BCUT2D eigenvalue weighted by Crippen LogP contribution is -2.30. The van der Waals surface area contributed by atoms with E-state index in [1.807, 2.05) is 20.8 Å². The molecule has 0 rings (SSSR count). The Kier molecular flexibility index (Phi) is 5.21. The van der Waals surface area contributed by atoms with Crippen molar-refractivity contribution in [1.82, 2.24) is 4.90 Å². The number of hydrogen-bond acceptors (Lipinski definition) is 4. The van der Waals surface area contributed by atoms with Gasteiger partial charge in [-0.1, -0.05) is 20.8 Å². The maximum Gasteiger partial charge on any atom is 0.343 e. The summed E-state index contributed by atoms with van der Waals surface area (Å²) in [6, 6.07) is 0. The van der Waals surface area contributed by atoms with Gasteiger partial charge in [-0.2, -0.15) is 0 Å². The molecule has 0 saturated carbocycles. The molecule has 0 radical (unpaired) electrons. The fourth-order valence-corrected chi connectivity index (χ4v) is 1.10. The van der Waals surface area contributed by atoms with Gasteiger partial charge in [0.05, 0.1) is 7.11 Å². The quantitative estimate of drug-likeness (QED) is 0.310. The summed E-state index contributed by atoms with van der Waals surface area (Å²) in [6.45, 7) is 5.56. The summed E-state index contributed by atoms with van der Waals surface area (Å²) < 4.78 is 4.62. The van der Waals surface area contributed by atoms with E-state index in [-0.39, 0.29) is 11.4 Å². The summed E-state index contributed by atoms with van der Waals surface area (Å²) in [4.78, 5) is 25.3. The first kappa shape index (κ1) is 14.7. The highest BCUT2D eigenvalue weighted by Gasteiger charge is 2.32. The van der Waals surface area contributed by atoms with Gasteiger partial charge in [0.1, 0.15) is 5.57 Å². The summed E-state index contributed by atoms with van der Waals surface area (Å²) >= 11 is 0. The van der Waals surface area contributed by atoms with Crippen molar-refractivity contribution in [2.75, 3.05) is 21.2 Å². The third-order valence-electron chi connectivity index (χ3n) is 2.54. The van der Waals surface area contributed by atoms with Crippen LogP contribution in [0.3, 0.4) is 0 Å². The van der Waals surface area contributed by atoms with E-state index in [4.69, 9.17) is 0 Å². The van der Waals surface area contributed by atoms with Crippen LogP contribution in [0.25, 0.3) is 0 Å². The van der Waals surface area contributed by atoms with Crippen molar-refractivity contribution < 1.29 is 14.3 Å². The molecule has 0 heterocycles. The molecule has 16 heavy (non-hydrogen) atoms. The molecule has 4 heteroatoms. The van der Waals surface area contributed by atoms with Gasteiger partial charge >= 0.3 is 5.97 Å². The van der Waals surface area contributed by atoms with E-state index >= 15 is 0 Å². The summed E-state index contributed by atoms with van der Waals surface area (Å²) in [5.41, 5.74) is -0.449. The molecule has 92 valence electrons. The number of hydrogen-bond donors (Lipinski definition) is 0. The van der Waals surface area contributed by atoms with Crippen molar-refractivity contribution in [2.45, 2.75) is 27.2 Å². The highest BCUT2D eigenvalue weighted by atomic mass is 16.5. The van der Waals surface area contributed by atoms with E-state index < -0.39 is 11.4 Å². The van der Waals surface area contributed by atoms with E-state index in [2.05, 4.69) is 4.74 Å². The largest absolute Gasteiger partial charge is 0.465 e. The zero-order chi connectivity index (χ0) is 12.9. The summed E-state index contributed by atoms with van der Waals surface area (Å²) in [5.74, 6) is -0.768. The molecule has 0 aliphatic heterocycles. The van der Waals surface area contributed by atoms with Crippen molar-refractivity contribution in [3.05, 3.63) is 11.8 Å². The van der Waals surface area contributed by atoms with E-state index in [9.17, 15) is 9.59 Å². The predicted molar refractivity (Wildman–Crippen MR) is 62.9 cm³/mol. The molecule has 0 aliphatic rings. The molecule has 0 amide bonds. The number of nitrogens with zero attached hydrogens (tertiary/aromatic N) is 1. The van der Waals surface area contributed by atoms with Gasteiger partial charge in [-0.3, -0.25) is 4.79 Å². The van der Waals surface area contributed by atoms with E-state index in [1.165, 1.54) is 13.3 Å². The van der Waals surface area contributed by atoms with Crippen molar-refractivity contribution in [3.8, 4) is 0 Å². The Morgan fingerprint density at radius 3 is 2.12 bits per heavy atom.